The van der Waals surface area contributed by atoms with Gasteiger partial charge in [-0.1, -0.05) is 18.2 Å². The van der Waals surface area contributed by atoms with Gasteiger partial charge in [-0.15, -0.1) is 0 Å². The van der Waals surface area contributed by atoms with Crippen molar-refractivity contribution < 1.29 is 4.39 Å². The van der Waals surface area contributed by atoms with Gasteiger partial charge in [-0.2, -0.15) is 9.61 Å². The van der Waals surface area contributed by atoms with Crippen LogP contribution in [0.3, 0.4) is 0 Å². The number of rotatable bonds is 3. The van der Waals surface area contributed by atoms with Gasteiger partial charge >= 0.3 is 0 Å². The summed E-state index contributed by atoms with van der Waals surface area (Å²) in [6.45, 7) is 0. The van der Waals surface area contributed by atoms with Crippen molar-refractivity contribution in [2.45, 2.75) is 51.0 Å². The summed E-state index contributed by atoms with van der Waals surface area (Å²) in [4.78, 5) is 12.6. The molecule has 7 heteroatoms. The van der Waals surface area contributed by atoms with E-state index in [0.717, 1.165) is 67.8 Å². The molecular weight excluding hydrogens is 427 g/mol. The van der Waals surface area contributed by atoms with Crippen LogP contribution in [0.4, 0.5) is 10.2 Å². The van der Waals surface area contributed by atoms with Crippen LogP contribution in [0.25, 0.3) is 27.8 Å². The molecule has 6 nitrogen and oxygen atoms in total. The number of H-pyrrole nitrogens is 1. The SMILES string of the molecule is Fc1cncc(-c2cc(N[C@@H]3CCc4c([nH]c5ccccc45)C3)n3nc4c(c3n2)CCCC4)c1. The Labute approximate surface area is 196 Å². The molecule has 4 heterocycles. The minimum Gasteiger partial charge on any atom is -0.367 e. The van der Waals surface area contributed by atoms with E-state index >= 15 is 0 Å². The molecule has 1 aromatic carbocycles. The number of hydrogen-bond donors (Lipinski definition) is 2. The highest BCUT2D eigenvalue weighted by Crippen LogP contribution is 2.33. The summed E-state index contributed by atoms with van der Waals surface area (Å²) in [6, 6.07) is 12.3. The molecule has 2 aliphatic rings. The van der Waals surface area contributed by atoms with Gasteiger partial charge in [0.25, 0.3) is 0 Å². The third kappa shape index (κ3) is 3.18. The number of halogens is 1. The molecule has 4 aromatic heterocycles. The number of para-hydroxylation sites is 1. The first-order chi connectivity index (χ1) is 16.7. The van der Waals surface area contributed by atoms with Crippen LogP contribution in [0.1, 0.15) is 41.8 Å². The van der Waals surface area contributed by atoms with E-state index in [-0.39, 0.29) is 11.9 Å². The van der Waals surface area contributed by atoms with E-state index < -0.39 is 0 Å². The fraction of sp³-hybridized carbons (Fsp3) is 0.296. The molecule has 2 aliphatic carbocycles. The molecule has 7 rings (SSSR count). The molecule has 0 aliphatic heterocycles. The fourth-order valence-electron chi connectivity index (χ4n) is 5.67. The number of fused-ring (bicyclic) bond motifs is 6. The van der Waals surface area contributed by atoms with Crippen LogP contribution in [0.15, 0.2) is 48.8 Å². The number of nitrogens with zero attached hydrogens (tertiary/aromatic N) is 4. The van der Waals surface area contributed by atoms with Crippen molar-refractivity contribution in [3.63, 3.8) is 0 Å². The van der Waals surface area contributed by atoms with Crippen LogP contribution in [0, 0.1) is 5.82 Å². The van der Waals surface area contributed by atoms with Gasteiger partial charge in [0.1, 0.15) is 11.6 Å². The number of aryl methyl sites for hydroxylation is 3. The van der Waals surface area contributed by atoms with E-state index in [2.05, 4.69) is 39.6 Å². The first kappa shape index (κ1) is 19.7. The molecule has 2 N–H and O–H groups in total. The van der Waals surface area contributed by atoms with Crippen molar-refractivity contribution in [2.24, 2.45) is 0 Å². The third-order valence-electron chi connectivity index (χ3n) is 7.31. The number of aromatic amines is 1. The van der Waals surface area contributed by atoms with E-state index in [4.69, 9.17) is 10.1 Å². The molecule has 170 valence electrons. The van der Waals surface area contributed by atoms with Gasteiger partial charge in [0.15, 0.2) is 5.65 Å². The van der Waals surface area contributed by atoms with Crippen LogP contribution in [-0.2, 0) is 25.7 Å². The number of pyridine rings is 1. The quantitative estimate of drug-likeness (QED) is 0.392. The molecule has 0 spiro atoms. The molecule has 0 fully saturated rings. The normalized spacial score (nSPS) is 17.6. The largest absolute Gasteiger partial charge is 0.367 e. The standard InChI is InChI=1S/C27H25FN6/c28-17-11-16(14-29-15-17)24-13-26(34-27(32-24)21-6-2-4-8-23(21)33-34)30-18-9-10-20-19-5-1-3-7-22(19)31-25(20)12-18/h1,3,5,7,11,13-15,18,30-31H,2,4,6,8-10,12H2/t18-/m1/s1. The van der Waals surface area contributed by atoms with E-state index in [1.54, 1.807) is 6.20 Å². The second kappa shape index (κ2) is 7.65. The highest BCUT2D eigenvalue weighted by Gasteiger charge is 2.25. The van der Waals surface area contributed by atoms with Crippen molar-refractivity contribution in [1.82, 2.24) is 24.6 Å². The summed E-state index contributed by atoms with van der Waals surface area (Å²) in [5.41, 5.74) is 8.59. The Bertz CT molecular complexity index is 1550. The lowest BCUT2D eigenvalue weighted by molar-refractivity contribution is 0.601. The zero-order valence-electron chi connectivity index (χ0n) is 18.8. The van der Waals surface area contributed by atoms with E-state index in [1.165, 1.54) is 40.0 Å². The van der Waals surface area contributed by atoms with E-state index in [0.29, 0.717) is 5.56 Å². The Hall–Kier alpha value is -3.74. The highest BCUT2D eigenvalue weighted by molar-refractivity contribution is 5.85. The molecule has 0 saturated heterocycles. The van der Waals surface area contributed by atoms with Crippen molar-refractivity contribution in [1.29, 1.82) is 0 Å². The molecule has 0 amide bonds. The van der Waals surface area contributed by atoms with E-state index in [1.807, 2.05) is 10.6 Å². The number of benzene rings is 1. The van der Waals surface area contributed by atoms with Crippen LogP contribution >= 0.6 is 0 Å². The molecule has 0 saturated carbocycles. The lowest BCUT2D eigenvalue weighted by Gasteiger charge is -2.25. The topological polar surface area (TPSA) is 70.9 Å². The van der Waals surface area contributed by atoms with Crippen LogP contribution in [0.2, 0.25) is 0 Å². The maximum absolute atomic E-state index is 14.0. The Morgan fingerprint density at radius 1 is 1.03 bits per heavy atom. The molecule has 34 heavy (non-hydrogen) atoms. The van der Waals surface area contributed by atoms with Crippen molar-refractivity contribution in [3.05, 3.63) is 77.1 Å². The predicted octanol–water partition coefficient (Wildman–Crippen LogP) is 5.26. The summed E-state index contributed by atoms with van der Waals surface area (Å²) >= 11 is 0. The van der Waals surface area contributed by atoms with E-state index in [9.17, 15) is 4.39 Å². The van der Waals surface area contributed by atoms with Crippen molar-refractivity contribution in [3.8, 4) is 11.3 Å². The first-order valence-electron chi connectivity index (χ1n) is 12.1. The Morgan fingerprint density at radius 3 is 2.88 bits per heavy atom. The molecule has 0 radical (unpaired) electrons. The van der Waals surface area contributed by atoms with Crippen LogP contribution < -0.4 is 5.32 Å². The Kier molecular flexibility index (Phi) is 4.43. The zero-order valence-corrected chi connectivity index (χ0v) is 18.8. The molecule has 0 unspecified atom stereocenters. The summed E-state index contributed by atoms with van der Waals surface area (Å²) in [5, 5.41) is 10.0. The minimum atomic E-state index is -0.358. The lowest BCUT2D eigenvalue weighted by atomic mass is 9.92. The van der Waals surface area contributed by atoms with Gasteiger partial charge < -0.3 is 10.3 Å². The van der Waals surface area contributed by atoms with Crippen LogP contribution in [-0.4, -0.2) is 30.6 Å². The van der Waals surface area contributed by atoms with Crippen molar-refractivity contribution in [2.75, 3.05) is 5.32 Å². The number of nitrogens with one attached hydrogen (secondary N) is 2. The fourth-order valence-corrected chi connectivity index (χ4v) is 5.67. The first-order valence-corrected chi connectivity index (χ1v) is 12.1. The predicted molar refractivity (Wildman–Crippen MR) is 131 cm³/mol. The summed E-state index contributed by atoms with van der Waals surface area (Å²) in [5.74, 6) is 0.547. The highest BCUT2D eigenvalue weighted by atomic mass is 19.1. The Morgan fingerprint density at radius 2 is 1.94 bits per heavy atom. The third-order valence-corrected chi connectivity index (χ3v) is 7.31. The molecular formula is C27H25FN6. The summed E-state index contributed by atoms with van der Waals surface area (Å²) < 4.78 is 15.9. The number of hydrogen-bond acceptors (Lipinski definition) is 4. The van der Waals surface area contributed by atoms with Gasteiger partial charge in [0.2, 0.25) is 0 Å². The average Bonchev–Trinajstić information content (AvgIpc) is 3.42. The van der Waals surface area contributed by atoms with Crippen molar-refractivity contribution >= 4 is 22.4 Å². The van der Waals surface area contributed by atoms with Gasteiger partial charge in [-0.3, -0.25) is 4.98 Å². The second-order valence-electron chi connectivity index (χ2n) is 9.50. The maximum Gasteiger partial charge on any atom is 0.161 e. The zero-order chi connectivity index (χ0) is 22.6. The maximum atomic E-state index is 14.0. The van der Waals surface area contributed by atoms with Gasteiger partial charge in [0.05, 0.1) is 17.6 Å². The monoisotopic (exact) mass is 452 g/mol. The summed E-state index contributed by atoms with van der Waals surface area (Å²) in [7, 11) is 0. The Balaban J connectivity index is 1.30. The second-order valence-corrected chi connectivity index (χ2v) is 9.50. The number of anilines is 1. The van der Waals surface area contributed by atoms with Gasteiger partial charge in [0, 0.05) is 52.4 Å². The van der Waals surface area contributed by atoms with Gasteiger partial charge in [-0.05, 0) is 56.2 Å². The summed E-state index contributed by atoms with van der Waals surface area (Å²) in [6.07, 6.45) is 10.2. The molecule has 0 bridgehead atoms. The van der Waals surface area contributed by atoms with Crippen LogP contribution in [0.5, 0.6) is 0 Å². The minimum absolute atomic E-state index is 0.269. The lowest BCUT2D eigenvalue weighted by Crippen LogP contribution is -2.28. The van der Waals surface area contributed by atoms with Gasteiger partial charge in [-0.25, -0.2) is 9.37 Å². The molecule has 1 atom stereocenters. The smallest absolute Gasteiger partial charge is 0.161 e. The number of aromatic nitrogens is 5. The molecule has 5 aromatic rings. The average molecular weight is 453 g/mol.